The number of benzene rings is 2. The minimum absolute atomic E-state index is 0.109. The van der Waals surface area contributed by atoms with Crippen LogP contribution in [-0.2, 0) is 11.2 Å². The molecule has 0 saturated heterocycles. The van der Waals surface area contributed by atoms with E-state index in [0.717, 1.165) is 22.0 Å². The second-order valence-electron chi connectivity index (χ2n) is 9.00. The second-order valence-corrected chi connectivity index (χ2v) is 9.00. The fourth-order valence-corrected chi connectivity index (χ4v) is 4.94. The Balaban J connectivity index is 0.00000172. The number of alkyl halides is 1. The minimum atomic E-state index is -0.468. The van der Waals surface area contributed by atoms with E-state index in [9.17, 15) is 9.59 Å². The predicted molar refractivity (Wildman–Crippen MR) is 151 cm³/mol. The number of nitrogens with zero attached hydrogens (tertiary/aromatic N) is 1. The van der Waals surface area contributed by atoms with Gasteiger partial charge in [0.2, 0.25) is 5.75 Å². The maximum atomic E-state index is 13.8. The van der Waals surface area contributed by atoms with E-state index in [1.54, 1.807) is 30.2 Å². The Hall–Kier alpha value is -4.05. The van der Waals surface area contributed by atoms with Gasteiger partial charge >= 0.3 is 5.97 Å². The van der Waals surface area contributed by atoms with E-state index in [-0.39, 0.29) is 12.0 Å². The molecule has 5 rings (SSSR count). The summed E-state index contributed by atoms with van der Waals surface area (Å²) in [5.74, 6) is 1.29. The molecule has 2 aromatic carbocycles. The number of carbonyl (C=O) groups excluding carboxylic acids is 2. The average Bonchev–Trinajstić information content (AvgIpc) is 3.68. The summed E-state index contributed by atoms with van der Waals surface area (Å²) in [6.07, 6.45) is 1.99. The molecule has 1 aliphatic heterocycles. The predicted octanol–water partition coefficient (Wildman–Crippen LogP) is 5.31. The first-order chi connectivity index (χ1) is 18.8. The molecule has 0 radical (unpaired) electrons. The third-order valence-corrected chi connectivity index (χ3v) is 6.51. The largest absolute Gasteiger partial charge is 0.493 e. The van der Waals surface area contributed by atoms with Crippen LogP contribution in [0.15, 0.2) is 24.3 Å². The molecule has 0 aliphatic carbocycles. The van der Waals surface area contributed by atoms with Crippen LogP contribution in [0.25, 0.3) is 21.8 Å². The number of hydrogen-bond acceptors (Lipinski definition) is 7. The van der Waals surface area contributed by atoms with Gasteiger partial charge in [0.15, 0.2) is 11.5 Å². The van der Waals surface area contributed by atoms with Gasteiger partial charge in [0, 0.05) is 29.8 Å². The number of carbonyl (C=O) groups is 2. The zero-order valence-corrected chi connectivity index (χ0v) is 23.7. The molecule has 208 valence electrons. The quantitative estimate of drug-likeness (QED) is 0.234. The summed E-state index contributed by atoms with van der Waals surface area (Å²) in [5.41, 5.74) is 3.77. The second kappa shape index (κ2) is 11.4. The van der Waals surface area contributed by atoms with Crippen molar-refractivity contribution in [3.8, 4) is 23.0 Å². The van der Waals surface area contributed by atoms with Gasteiger partial charge in [0.25, 0.3) is 5.91 Å². The van der Waals surface area contributed by atoms with E-state index < -0.39 is 5.97 Å². The summed E-state index contributed by atoms with van der Waals surface area (Å²) in [7, 11) is 5.96. The summed E-state index contributed by atoms with van der Waals surface area (Å²) in [4.78, 5) is 34.1. The van der Waals surface area contributed by atoms with E-state index in [2.05, 4.69) is 21.6 Å². The summed E-state index contributed by atoms with van der Waals surface area (Å²) in [6, 6.07) is 7.19. The molecule has 2 aromatic heterocycles. The van der Waals surface area contributed by atoms with Crippen molar-refractivity contribution in [3.63, 3.8) is 0 Å². The van der Waals surface area contributed by atoms with E-state index in [1.165, 1.54) is 27.7 Å². The number of amides is 1. The number of anilines is 1. The first-order valence-electron chi connectivity index (χ1n) is 12.3. The highest BCUT2D eigenvalue weighted by atomic mass is 35.5. The van der Waals surface area contributed by atoms with Crippen molar-refractivity contribution in [1.29, 1.82) is 0 Å². The number of halogens is 1. The zero-order chi connectivity index (χ0) is 28.4. The van der Waals surface area contributed by atoms with Crippen LogP contribution >= 0.6 is 11.6 Å². The number of esters is 1. The van der Waals surface area contributed by atoms with Crippen LogP contribution in [0.4, 0.5) is 5.69 Å². The van der Waals surface area contributed by atoms with Gasteiger partial charge in [-0.3, -0.25) is 4.79 Å². The topological polar surface area (TPSA) is 115 Å². The Bertz CT molecular complexity index is 1540. The first-order valence-corrected chi connectivity index (χ1v) is 13.0. The van der Waals surface area contributed by atoms with E-state index in [4.69, 9.17) is 23.7 Å². The van der Waals surface area contributed by atoms with Crippen molar-refractivity contribution in [2.24, 2.45) is 0 Å². The number of ether oxygens (including phenoxy) is 5. The van der Waals surface area contributed by atoms with Crippen LogP contribution in [0.3, 0.4) is 0 Å². The van der Waals surface area contributed by atoms with Gasteiger partial charge in [-0.25, -0.2) is 4.79 Å². The van der Waals surface area contributed by atoms with Crippen molar-refractivity contribution < 1.29 is 33.3 Å². The summed E-state index contributed by atoms with van der Waals surface area (Å²) < 4.78 is 27.5. The molecule has 2 N–H and O–H groups in total. The highest BCUT2D eigenvalue weighted by Crippen LogP contribution is 2.44. The highest BCUT2D eigenvalue weighted by molar-refractivity contribution is 6.15. The maximum Gasteiger partial charge on any atom is 0.354 e. The number of nitrogens with one attached hydrogen (secondary N) is 2. The van der Waals surface area contributed by atoms with Crippen molar-refractivity contribution in [2.45, 2.75) is 26.4 Å². The monoisotopic (exact) mass is 557 g/mol. The molecule has 39 heavy (non-hydrogen) atoms. The minimum Gasteiger partial charge on any atom is -0.493 e. The fourth-order valence-electron chi connectivity index (χ4n) is 4.94. The molecule has 0 bridgehead atoms. The molecule has 0 atom stereocenters. The third kappa shape index (κ3) is 4.80. The molecular weight excluding hydrogens is 526 g/mol. The first kappa shape index (κ1) is 28.0. The molecule has 1 aliphatic rings. The average molecular weight is 558 g/mol. The van der Waals surface area contributed by atoms with Crippen LogP contribution in [0.1, 0.15) is 40.4 Å². The number of methoxy groups -OCH3 is 4. The standard InChI is InChI=1S/C27H29N3O7.CH3Cl/c1-13(2)37-20-12-19-15(16-11-18(27(32)36-6)29-23(16)20)7-8-30(19)26(31)17-9-14-10-21(33-3)24(34-4)25(35-5)22(14)28-17;1-2/h9-13,28-29H,7-8H2,1-6H3;1H3. The molecule has 0 fully saturated rings. The van der Waals surface area contributed by atoms with Crippen molar-refractivity contribution >= 4 is 51.0 Å². The lowest BCUT2D eigenvalue weighted by atomic mass is 10.1. The van der Waals surface area contributed by atoms with E-state index in [0.29, 0.717) is 58.4 Å². The van der Waals surface area contributed by atoms with Crippen molar-refractivity contribution in [1.82, 2.24) is 9.97 Å². The summed E-state index contributed by atoms with van der Waals surface area (Å²) >= 11 is 4.64. The number of H-pyrrole nitrogens is 2. The van der Waals surface area contributed by atoms with E-state index in [1.807, 2.05) is 19.9 Å². The number of fused-ring (bicyclic) bond motifs is 4. The van der Waals surface area contributed by atoms with Crippen LogP contribution in [0, 0.1) is 0 Å². The van der Waals surface area contributed by atoms with Crippen LogP contribution in [0.2, 0.25) is 0 Å². The number of rotatable bonds is 7. The molecule has 10 nitrogen and oxygen atoms in total. The molecule has 4 aromatic rings. The Morgan fingerprint density at radius 1 is 0.872 bits per heavy atom. The smallest absolute Gasteiger partial charge is 0.354 e. The zero-order valence-electron chi connectivity index (χ0n) is 23.0. The lowest BCUT2D eigenvalue weighted by molar-refractivity contribution is 0.0595. The SMILES string of the molecule is CCl.COC(=O)c1cc2c3c(cc(OC(C)C)c2[nH]1)N(C(=O)c1cc2cc(OC)c(OC)c(OC)c2[nH]1)CC3. The molecule has 11 heteroatoms. The van der Waals surface area contributed by atoms with Gasteiger partial charge in [-0.2, -0.15) is 0 Å². The summed E-state index contributed by atoms with van der Waals surface area (Å²) in [6.45, 7) is 4.32. The third-order valence-electron chi connectivity index (χ3n) is 6.51. The van der Waals surface area contributed by atoms with Gasteiger partial charge in [-0.15, -0.1) is 11.6 Å². The Morgan fingerprint density at radius 2 is 1.56 bits per heavy atom. The van der Waals surface area contributed by atoms with Crippen molar-refractivity contribution in [2.75, 3.05) is 46.3 Å². The lowest BCUT2D eigenvalue weighted by Crippen LogP contribution is -2.29. The van der Waals surface area contributed by atoms with E-state index >= 15 is 0 Å². The van der Waals surface area contributed by atoms with Crippen LogP contribution in [0.5, 0.6) is 23.0 Å². The lowest BCUT2D eigenvalue weighted by Gasteiger charge is -2.19. The Kier molecular flexibility index (Phi) is 8.15. The van der Waals surface area contributed by atoms with Crippen LogP contribution < -0.4 is 23.8 Å². The Labute approximate surface area is 231 Å². The normalized spacial score (nSPS) is 12.3. The number of aromatic nitrogens is 2. The molecule has 3 heterocycles. The molecule has 0 spiro atoms. The molecule has 0 unspecified atom stereocenters. The molecule has 0 saturated carbocycles. The summed E-state index contributed by atoms with van der Waals surface area (Å²) in [5, 5.41) is 1.58. The van der Waals surface area contributed by atoms with Gasteiger partial charge in [-0.05, 0) is 44.0 Å². The van der Waals surface area contributed by atoms with Gasteiger partial charge in [0.1, 0.15) is 17.1 Å². The van der Waals surface area contributed by atoms with Crippen molar-refractivity contribution in [3.05, 3.63) is 41.2 Å². The number of aromatic amines is 2. The maximum absolute atomic E-state index is 13.8. The molecule has 1 amide bonds. The number of hydrogen-bond donors (Lipinski definition) is 2. The molecular formula is C28H32ClN3O7. The Morgan fingerprint density at radius 3 is 2.18 bits per heavy atom. The van der Waals surface area contributed by atoms with Gasteiger partial charge < -0.3 is 38.6 Å². The van der Waals surface area contributed by atoms with Gasteiger partial charge in [0.05, 0.1) is 51.3 Å². The highest BCUT2D eigenvalue weighted by Gasteiger charge is 2.31. The van der Waals surface area contributed by atoms with Gasteiger partial charge in [-0.1, -0.05) is 0 Å². The van der Waals surface area contributed by atoms with Crippen LogP contribution in [-0.4, -0.2) is 69.3 Å². The fraction of sp³-hybridized carbons (Fsp3) is 0.357.